The predicted molar refractivity (Wildman–Crippen MR) is 65.0 cm³/mol. The van der Waals surface area contributed by atoms with Gasteiger partial charge in [0.2, 0.25) is 5.95 Å². The lowest BCUT2D eigenvalue weighted by molar-refractivity contribution is -0.146. The Morgan fingerprint density at radius 3 is 3.00 bits per heavy atom. The second-order valence-electron chi connectivity index (χ2n) is 4.34. The molecule has 0 aliphatic carbocycles. The van der Waals surface area contributed by atoms with E-state index >= 15 is 0 Å². The number of ether oxygens (including phenoxy) is 1. The van der Waals surface area contributed by atoms with Crippen molar-refractivity contribution in [3.05, 3.63) is 12.3 Å². The summed E-state index contributed by atoms with van der Waals surface area (Å²) in [5.41, 5.74) is 5.51. The molecule has 1 atom stereocenters. The third kappa shape index (κ3) is 3.27. The SMILES string of the molecule is Nc1ccnc(N2CC[C@@H](OCCO)C(F)(F)C2)n1. The molecule has 8 heteroatoms. The number of anilines is 2. The standard InChI is InChI=1S/C11H16F2N4O2/c12-11(13)7-17(4-2-8(11)19-6-5-18)10-15-3-1-9(14)16-10/h1,3,8,18H,2,4-7H2,(H2,14,15,16)/t8-/m1/s1. The van der Waals surface area contributed by atoms with Crippen LogP contribution in [-0.2, 0) is 4.74 Å². The normalized spacial score (nSPS) is 22.5. The molecule has 0 amide bonds. The highest BCUT2D eigenvalue weighted by atomic mass is 19.3. The van der Waals surface area contributed by atoms with E-state index in [2.05, 4.69) is 9.97 Å². The second-order valence-corrected chi connectivity index (χ2v) is 4.34. The maximum atomic E-state index is 13.9. The molecule has 0 bridgehead atoms. The van der Waals surface area contributed by atoms with Gasteiger partial charge in [0, 0.05) is 12.7 Å². The van der Waals surface area contributed by atoms with E-state index in [1.807, 2.05) is 0 Å². The molecule has 1 aromatic rings. The van der Waals surface area contributed by atoms with Gasteiger partial charge in [0.1, 0.15) is 11.9 Å². The number of piperidine rings is 1. The van der Waals surface area contributed by atoms with Crippen LogP contribution in [0.3, 0.4) is 0 Å². The summed E-state index contributed by atoms with van der Waals surface area (Å²) in [6.07, 6.45) is 0.395. The fraction of sp³-hybridized carbons (Fsp3) is 0.636. The number of aliphatic hydroxyl groups is 1. The van der Waals surface area contributed by atoms with Gasteiger partial charge in [-0.15, -0.1) is 0 Å². The fourth-order valence-corrected chi connectivity index (χ4v) is 2.00. The molecule has 0 spiro atoms. The van der Waals surface area contributed by atoms with E-state index in [-0.39, 0.29) is 31.4 Å². The molecule has 2 rings (SSSR count). The molecule has 1 aliphatic rings. The molecule has 2 heterocycles. The van der Waals surface area contributed by atoms with Crippen LogP contribution in [0.15, 0.2) is 12.3 Å². The number of nitrogens with two attached hydrogens (primary N) is 1. The zero-order valence-electron chi connectivity index (χ0n) is 10.3. The number of hydrogen-bond donors (Lipinski definition) is 2. The van der Waals surface area contributed by atoms with E-state index in [0.29, 0.717) is 6.54 Å². The number of nitrogens with zero attached hydrogens (tertiary/aromatic N) is 3. The third-order valence-corrected chi connectivity index (χ3v) is 2.89. The van der Waals surface area contributed by atoms with Crippen LogP contribution in [0.1, 0.15) is 6.42 Å². The Morgan fingerprint density at radius 1 is 1.58 bits per heavy atom. The van der Waals surface area contributed by atoms with Crippen molar-refractivity contribution in [3.63, 3.8) is 0 Å². The highest BCUT2D eigenvalue weighted by Crippen LogP contribution is 2.31. The van der Waals surface area contributed by atoms with Crippen LogP contribution in [0.5, 0.6) is 0 Å². The molecular formula is C11H16F2N4O2. The summed E-state index contributed by atoms with van der Waals surface area (Å²) in [4.78, 5) is 9.25. The number of halogens is 2. The van der Waals surface area contributed by atoms with E-state index in [1.165, 1.54) is 17.2 Å². The first-order chi connectivity index (χ1) is 9.03. The zero-order chi connectivity index (χ0) is 13.9. The monoisotopic (exact) mass is 274 g/mol. The first-order valence-corrected chi connectivity index (χ1v) is 5.96. The summed E-state index contributed by atoms with van der Waals surface area (Å²) < 4.78 is 32.7. The van der Waals surface area contributed by atoms with Gasteiger partial charge in [0.15, 0.2) is 0 Å². The van der Waals surface area contributed by atoms with Gasteiger partial charge in [-0.3, -0.25) is 0 Å². The van der Waals surface area contributed by atoms with Gasteiger partial charge >= 0.3 is 0 Å². The smallest absolute Gasteiger partial charge is 0.290 e. The van der Waals surface area contributed by atoms with Crippen LogP contribution in [-0.4, -0.2) is 53.4 Å². The summed E-state index contributed by atoms with van der Waals surface area (Å²) in [5, 5.41) is 8.61. The molecule has 0 radical (unpaired) electrons. The van der Waals surface area contributed by atoms with Gasteiger partial charge in [-0.1, -0.05) is 0 Å². The highest BCUT2D eigenvalue weighted by Gasteiger charge is 2.46. The number of hydrogen-bond acceptors (Lipinski definition) is 6. The second kappa shape index (κ2) is 5.62. The maximum Gasteiger partial charge on any atom is 0.290 e. The molecule has 1 saturated heterocycles. The summed E-state index contributed by atoms with van der Waals surface area (Å²) in [6, 6.07) is 1.50. The minimum absolute atomic E-state index is 0.0883. The minimum Gasteiger partial charge on any atom is -0.394 e. The lowest BCUT2D eigenvalue weighted by Gasteiger charge is -2.37. The van der Waals surface area contributed by atoms with E-state index in [0.717, 1.165) is 0 Å². The largest absolute Gasteiger partial charge is 0.394 e. The summed E-state index contributed by atoms with van der Waals surface area (Å²) >= 11 is 0. The quantitative estimate of drug-likeness (QED) is 0.820. The average Bonchev–Trinajstić information content (AvgIpc) is 2.36. The first kappa shape index (κ1) is 13.9. The topological polar surface area (TPSA) is 84.5 Å². The fourth-order valence-electron chi connectivity index (χ4n) is 2.00. The molecule has 0 saturated carbocycles. The molecule has 19 heavy (non-hydrogen) atoms. The molecule has 1 fully saturated rings. The van der Waals surface area contributed by atoms with Crippen LogP contribution >= 0.6 is 0 Å². The van der Waals surface area contributed by atoms with Crippen molar-refractivity contribution < 1.29 is 18.6 Å². The Morgan fingerprint density at radius 2 is 2.37 bits per heavy atom. The van der Waals surface area contributed by atoms with Crippen molar-refractivity contribution in [1.82, 2.24) is 9.97 Å². The van der Waals surface area contributed by atoms with Gasteiger partial charge in [-0.05, 0) is 12.5 Å². The lowest BCUT2D eigenvalue weighted by Crippen LogP contribution is -2.53. The first-order valence-electron chi connectivity index (χ1n) is 5.96. The zero-order valence-corrected chi connectivity index (χ0v) is 10.3. The van der Waals surface area contributed by atoms with Gasteiger partial charge in [-0.25, -0.2) is 13.8 Å². The van der Waals surface area contributed by atoms with Crippen LogP contribution in [0.4, 0.5) is 20.5 Å². The molecule has 3 N–H and O–H groups in total. The van der Waals surface area contributed by atoms with Gasteiger partial charge in [0.25, 0.3) is 5.92 Å². The number of aromatic nitrogens is 2. The number of nitrogen functional groups attached to an aromatic ring is 1. The van der Waals surface area contributed by atoms with E-state index in [4.69, 9.17) is 15.6 Å². The molecule has 0 unspecified atom stereocenters. The third-order valence-electron chi connectivity index (χ3n) is 2.89. The number of rotatable bonds is 4. The molecular weight excluding hydrogens is 258 g/mol. The van der Waals surface area contributed by atoms with Crippen molar-refractivity contribution in [3.8, 4) is 0 Å². The molecule has 1 aromatic heterocycles. The average molecular weight is 274 g/mol. The number of aliphatic hydroxyl groups excluding tert-OH is 1. The minimum atomic E-state index is -3.01. The van der Waals surface area contributed by atoms with Gasteiger partial charge in [-0.2, -0.15) is 4.98 Å². The van der Waals surface area contributed by atoms with Crippen molar-refractivity contribution in [2.75, 3.05) is 36.9 Å². The van der Waals surface area contributed by atoms with Crippen LogP contribution in [0.2, 0.25) is 0 Å². The van der Waals surface area contributed by atoms with Gasteiger partial charge in [0.05, 0.1) is 19.8 Å². The molecule has 6 nitrogen and oxygen atoms in total. The van der Waals surface area contributed by atoms with Gasteiger partial charge < -0.3 is 20.5 Å². The van der Waals surface area contributed by atoms with Crippen molar-refractivity contribution in [1.29, 1.82) is 0 Å². The van der Waals surface area contributed by atoms with Crippen LogP contribution in [0.25, 0.3) is 0 Å². The Kier molecular flexibility index (Phi) is 4.11. The molecule has 0 aromatic carbocycles. The van der Waals surface area contributed by atoms with E-state index in [1.54, 1.807) is 0 Å². The lowest BCUT2D eigenvalue weighted by atomic mass is 10.0. The number of alkyl halides is 2. The molecule has 106 valence electrons. The Bertz CT molecular complexity index is 433. The Balaban J connectivity index is 2.05. The maximum absolute atomic E-state index is 13.9. The van der Waals surface area contributed by atoms with E-state index < -0.39 is 18.6 Å². The Hall–Kier alpha value is -1.54. The van der Waals surface area contributed by atoms with Crippen molar-refractivity contribution >= 4 is 11.8 Å². The van der Waals surface area contributed by atoms with Crippen molar-refractivity contribution in [2.45, 2.75) is 18.4 Å². The Labute approximate surface area is 109 Å². The van der Waals surface area contributed by atoms with E-state index in [9.17, 15) is 8.78 Å². The summed E-state index contributed by atoms with van der Waals surface area (Å²) in [6.45, 7) is -0.522. The molecule has 1 aliphatic heterocycles. The van der Waals surface area contributed by atoms with Crippen LogP contribution < -0.4 is 10.6 Å². The summed E-state index contributed by atoms with van der Waals surface area (Å²) in [5.74, 6) is -2.58. The summed E-state index contributed by atoms with van der Waals surface area (Å²) in [7, 11) is 0. The highest BCUT2D eigenvalue weighted by molar-refractivity contribution is 5.38. The van der Waals surface area contributed by atoms with Crippen LogP contribution in [0, 0.1) is 0 Å². The van der Waals surface area contributed by atoms with Crippen molar-refractivity contribution in [2.24, 2.45) is 0 Å². The predicted octanol–water partition coefficient (Wildman–Crippen LogP) is 0.282.